The van der Waals surface area contributed by atoms with Gasteiger partial charge in [-0.1, -0.05) is 0 Å². The molecule has 1 unspecified atom stereocenters. The fourth-order valence-electron chi connectivity index (χ4n) is 3.01. The van der Waals surface area contributed by atoms with E-state index in [0.717, 1.165) is 32.4 Å². The molecule has 2 N–H and O–H groups in total. The van der Waals surface area contributed by atoms with Gasteiger partial charge in [-0.15, -0.1) is 12.4 Å². The smallest absolute Gasteiger partial charge is 0.220 e. The number of sulfone groups is 1. The van der Waals surface area contributed by atoms with Crippen LogP contribution in [0.4, 0.5) is 0 Å². The molecule has 2 fully saturated rings. The maximum atomic E-state index is 11.9. The third kappa shape index (κ3) is 5.22. The third-order valence-corrected chi connectivity index (χ3v) is 6.09. The van der Waals surface area contributed by atoms with Gasteiger partial charge in [-0.05, 0) is 51.6 Å². The van der Waals surface area contributed by atoms with Gasteiger partial charge in [0.1, 0.15) is 0 Å². The van der Waals surface area contributed by atoms with E-state index in [1.54, 1.807) is 0 Å². The van der Waals surface area contributed by atoms with Crippen LogP contribution < -0.4 is 10.6 Å². The van der Waals surface area contributed by atoms with Crippen LogP contribution in [0.3, 0.4) is 0 Å². The lowest BCUT2D eigenvalue weighted by molar-refractivity contribution is -0.122. The van der Waals surface area contributed by atoms with Gasteiger partial charge >= 0.3 is 0 Å². The van der Waals surface area contributed by atoms with E-state index < -0.39 is 15.4 Å². The number of rotatable bonds is 4. The first-order valence-electron chi connectivity index (χ1n) is 7.11. The molecule has 118 valence electrons. The molecule has 2 saturated heterocycles. The Morgan fingerprint density at radius 3 is 2.55 bits per heavy atom. The molecule has 0 aromatic rings. The first kappa shape index (κ1) is 17.7. The Hall–Kier alpha value is -0.330. The number of halogens is 1. The highest BCUT2D eigenvalue weighted by atomic mass is 35.5. The lowest BCUT2D eigenvalue weighted by Gasteiger charge is -2.25. The van der Waals surface area contributed by atoms with E-state index >= 15 is 0 Å². The van der Waals surface area contributed by atoms with Crippen molar-refractivity contribution < 1.29 is 13.2 Å². The van der Waals surface area contributed by atoms with Gasteiger partial charge in [0.25, 0.3) is 0 Å². The van der Waals surface area contributed by atoms with Gasteiger partial charge in [-0.2, -0.15) is 0 Å². The molecule has 2 aliphatic heterocycles. The van der Waals surface area contributed by atoms with Crippen LogP contribution >= 0.6 is 12.4 Å². The van der Waals surface area contributed by atoms with Crippen molar-refractivity contribution in [3.63, 3.8) is 0 Å². The van der Waals surface area contributed by atoms with Crippen LogP contribution in [-0.4, -0.2) is 44.5 Å². The molecule has 20 heavy (non-hydrogen) atoms. The number of hydrogen-bond donors (Lipinski definition) is 2. The molecule has 0 aliphatic carbocycles. The van der Waals surface area contributed by atoms with Crippen LogP contribution in [0, 0.1) is 5.92 Å². The van der Waals surface area contributed by atoms with Crippen molar-refractivity contribution in [2.45, 2.75) is 44.6 Å². The van der Waals surface area contributed by atoms with Crippen LogP contribution in [0.25, 0.3) is 0 Å². The van der Waals surface area contributed by atoms with Gasteiger partial charge in [-0.3, -0.25) is 4.79 Å². The molecule has 5 nitrogen and oxygen atoms in total. The highest BCUT2D eigenvalue weighted by molar-refractivity contribution is 7.91. The second-order valence-corrected chi connectivity index (χ2v) is 8.37. The van der Waals surface area contributed by atoms with Gasteiger partial charge in [0.15, 0.2) is 9.84 Å². The highest BCUT2D eigenvalue weighted by Crippen LogP contribution is 2.23. The van der Waals surface area contributed by atoms with E-state index in [4.69, 9.17) is 0 Å². The standard InChI is InChI=1S/C13H24N2O3S.ClH/c1-13(6-9-19(17,18)10-13)15-12(16)3-2-11-4-7-14-8-5-11;/h11,14H,2-10H2,1H3,(H,15,16);1H. The highest BCUT2D eigenvalue weighted by Gasteiger charge is 2.39. The van der Waals surface area contributed by atoms with Gasteiger partial charge in [0.2, 0.25) is 5.91 Å². The van der Waals surface area contributed by atoms with Crippen molar-refractivity contribution in [1.82, 2.24) is 10.6 Å². The Morgan fingerprint density at radius 1 is 1.35 bits per heavy atom. The van der Waals surface area contributed by atoms with Crippen molar-refractivity contribution in [3.8, 4) is 0 Å². The maximum Gasteiger partial charge on any atom is 0.220 e. The predicted octanol–water partition coefficient (Wildman–Crippen LogP) is 0.881. The van der Waals surface area contributed by atoms with Gasteiger partial charge in [-0.25, -0.2) is 8.42 Å². The molecule has 2 heterocycles. The average molecular weight is 325 g/mol. The Balaban J connectivity index is 0.00000200. The number of hydrogen-bond acceptors (Lipinski definition) is 4. The molecule has 2 rings (SSSR count). The first-order chi connectivity index (χ1) is 8.89. The predicted molar refractivity (Wildman–Crippen MR) is 81.9 cm³/mol. The Bertz CT molecular complexity index is 435. The Morgan fingerprint density at radius 2 is 2.00 bits per heavy atom. The van der Waals surface area contributed by atoms with Crippen LogP contribution in [-0.2, 0) is 14.6 Å². The molecule has 1 atom stereocenters. The van der Waals surface area contributed by atoms with Crippen molar-refractivity contribution in [2.75, 3.05) is 24.6 Å². The second-order valence-electron chi connectivity index (χ2n) is 6.18. The summed E-state index contributed by atoms with van der Waals surface area (Å²) in [6.45, 7) is 3.92. The number of nitrogens with one attached hydrogen (secondary N) is 2. The maximum absolute atomic E-state index is 11.9. The fraction of sp³-hybridized carbons (Fsp3) is 0.923. The minimum Gasteiger partial charge on any atom is -0.350 e. The summed E-state index contributed by atoms with van der Waals surface area (Å²) in [6, 6.07) is 0. The quantitative estimate of drug-likeness (QED) is 0.805. The summed E-state index contributed by atoms with van der Waals surface area (Å²) in [7, 11) is -2.96. The van der Waals surface area contributed by atoms with E-state index in [9.17, 15) is 13.2 Å². The molecular formula is C13H25ClN2O3S. The lowest BCUT2D eigenvalue weighted by atomic mass is 9.92. The van der Waals surface area contributed by atoms with E-state index in [-0.39, 0.29) is 29.8 Å². The largest absolute Gasteiger partial charge is 0.350 e. The molecule has 2 aliphatic rings. The molecule has 0 spiro atoms. The van der Waals surface area contributed by atoms with Crippen molar-refractivity contribution in [1.29, 1.82) is 0 Å². The molecule has 0 aromatic carbocycles. The first-order valence-corrected chi connectivity index (χ1v) is 8.93. The van der Waals surface area contributed by atoms with Crippen LogP contribution in [0.15, 0.2) is 0 Å². The summed E-state index contributed by atoms with van der Waals surface area (Å²) in [5.74, 6) is 0.905. The SMILES string of the molecule is CC1(NC(=O)CCC2CCNCC2)CCS(=O)(=O)C1.Cl. The summed E-state index contributed by atoms with van der Waals surface area (Å²) >= 11 is 0. The molecular weight excluding hydrogens is 300 g/mol. The third-order valence-electron chi connectivity index (χ3n) is 4.18. The molecule has 0 aromatic heterocycles. The van der Waals surface area contributed by atoms with E-state index in [1.807, 2.05) is 6.92 Å². The average Bonchev–Trinajstić information content (AvgIpc) is 2.62. The number of amides is 1. The summed E-state index contributed by atoms with van der Waals surface area (Å²) in [5.41, 5.74) is -0.552. The van der Waals surface area contributed by atoms with Crippen molar-refractivity contribution in [2.24, 2.45) is 5.92 Å². The minimum absolute atomic E-state index is 0. The normalized spacial score (nSPS) is 29.6. The summed E-state index contributed by atoms with van der Waals surface area (Å²) in [5, 5.41) is 6.23. The van der Waals surface area contributed by atoms with E-state index in [0.29, 0.717) is 18.8 Å². The zero-order valence-electron chi connectivity index (χ0n) is 12.0. The number of carbonyl (C=O) groups excluding carboxylic acids is 1. The molecule has 0 radical (unpaired) electrons. The van der Waals surface area contributed by atoms with Crippen LogP contribution in [0.2, 0.25) is 0 Å². The minimum atomic E-state index is -2.96. The topological polar surface area (TPSA) is 75.3 Å². The monoisotopic (exact) mass is 324 g/mol. The van der Waals surface area contributed by atoms with Crippen LogP contribution in [0.1, 0.15) is 39.0 Å². The molecule has 1 amide bonds. The summed E-state index contributed by atoms with van der Waals surface area (Å²) in [6.07, 6.45) is 4.24. The number of carbonyl (C=O) groups is 1. The summed E-state index contributed by atoms with van der Waals surface area (Å²) in [4.78, 5) is 11.9. The second kappa shape index (κ2) is 7.09. The van der Waals surface area contributed by atoms with Gasteiger partial charge < -0.3 is 10.6 Å². The Kier molecular flexibility index (Phi) is 6.28. The zero-order chi connectivity index (χ0) is 13.9. The number of piperidine rings is 1. The molecule has 0 bridgehead atoms. The Labute approximate surface area is 127 Å². The lowest BCUT2D eigenvalue weighted by Crippen LogP contribution is -2.47. The molecule has 0 saturated carbocycles. The van der Waals surface area contributed by atoms with Crippen molar-refractivity contribution in [3.05, 3.63) is 0 Å². The van der Waals surface area contributed by atoms with Gasteiger partial charge in [0.05, 0.1) is 17.0 Å². The summed E-state index contributed by atoms with van der Waals surface area (Å²) < 4.78 is 22.9. The molecule has 7 heteroatoms. The zero-order valence-corrected chi connectivity index (χ0v) is 13.6. The van der Waals surface area contributed by atoms with Gasteiger partial charge in [0, 0.05) is 6.42 Å². The fourth-order valence-corrected chi connectivity index (χ4v) is 5.11. The van der Waals surface area contributed by atoms with Crippen LogP contribution in [0.5, 0.6) is 0 Å². The van der Waals surface area contributed by atoms with E-state index in [1.165, 1.54) is 0 Å². The van der Waals surface area contributed by atoms with E-state index in [2.05, 4.69) is 10.6 Å². The van der Waals surface area contributed by atoms with Crippen molar-refractivity contribution >= 4 is 28.2 Å².